The van der Waals surface area contributed by atoms with E-state index < -0.39 is 18.2 Å². The van der Waals surface area contributed by atoms with Crippen molar-refractivity contribution >= 4 is 5.97 Å². The number of carbonyl (C=O) groups is 1. The van der Waals surface area contributed by atoms with Crippen LogP contribution in [0.1, 0.15) is 45.4 Å². The van der Waals surface area contributed by atoms with E-state index in [1.165, 1.54) is 6.08 Å². The van der Waals surface area contributed by atoms with Crippen molar-refractivity contribution in [3.63, 3.8) is 0 Å². The number of carboxylic acids is 1. The molecule has 2 atom stereocenters. The van der Waals surface area contributed by atoms with Gasteiger partial charge in [-0.3, -0.25) is 4.79 Å². The zero-order chi connectivity index (χ0) is 20.3. The lowest BCUT2D eigenvalue weighted by Gasteiger charge is -2.13. The summed E-state index contributed by atoms with van der Waals surface area (Å²) in [5, 5.41) is 37.4. The molecule has 0 aliphatic rings. The van der Waals surface area contributed by atoms with E-state index in [2.05, 4.69) is 25.2 Å². The molecule has 0 aliphatic heterocycles. The summed E-state index contributed by atoms with van der Waals surface area (Å²) in [4.78, 5) is 10.4. The van der Waals surface area contributed by atoms with Crippen LogP contribution in [0.2, 0.25) is 0 Å². The molecule has 0 bridgehead atoms. The Balaban J connectivity index is 4.07. The normalized spacial score (nSPS) is 15.7. The third kappa shape index (κ3) is 16.8. The van der Waals surface area contributed by atoms with Gasteiger partial charge in [-0.1, -0.05) is 61.6 Å². The maximum atomic E-state index is 10.4. The minimum atomic E-state index is -1.31. The minimum absolute atomic E-state index is 0.0832. The molecule has 0 unspecified atom stereocenters. The molecule has 0 heterocycles. The van der Waals surface area contributed by atoms with E-state index in [1.807, 2.05) is 24.3 Å². The van der Waals surface area contributed by atoms with Crippen LogP contribution in [0.5, 0.6) is 0 Å². The van der Waals surface area contributed by atoms with Crippen LogP contribution >= 0.6 is 0 Å². The molecule has 0 amide bonds. The summed E-state index contributed by atoms with van der Waals surface area (Å²) >= 11 is 0. The topological polar surface area (TPSA) is 98.0 Å². The molecule has 0 fully saturated rings. The van der Waals surface area contributed by atoms with Crippen molar-refractivity contribution in [1.29, 1.82) is 0 Å². The van der Waals surface area contributed by atoms with Gasteiger partial charge in [0.15, 0.2) is 0 Å². The SMILES string of the molecule is CC/C=C/CC/C=C/C=C/C/C=C/C=C/C(O)=C/[C@H](O)[C@@H](O)CCC(=O)O. The zero-order valence-electron chi connectivity index (χ0n) is 15.9. The second-order valence-electron chi connectivity index (χ2n) is 5.92. The van der Waals surface area contributed by atoms with E-state index in [-0.39, 0.29) is 18.6 Å². The Morgan fingerprint density at radius 1 is 0.889 bits per heavy atom. The molecular weight excluding hydrogens is 344 g/mol. The van der Waals surface area contributed by atoms with Crippen LogP contribution in [0, 0.1) is 0 Å². The molecule has 0 spiro atoms. The van der Waals surface area contributed by atoms with Gasteiger partial charge in [0.25, 0.3) is 0 Å². The standard InChI is InChI=1S/C22H32O5/c1-2-3-4-5-6-7-8-9-10-11-12-13-14-15-19(23)18-21(25)20(24)16-17-22(26)27/h3-4,7-10,12-15,18,20-21,23-25H,2,5-6,11,16-17H2,1H3,(H,26,27)/b4-3+,8-7+,10-9+,13-12+,15-14+,19-18-/t20-,21-/m0/s1. The molecule has 5 nitrogen and oxygen atoms in total. The Hall–Kier alpha value is -2.37. The first-order valence-electron chi connectivity index (χ1n) is 9.26. The quantitative estimate of drug-likeness (QED) is 0.156. The lowest BCUT2D eigenvalue weighted by atomic mass is 10.1. The first-order chi connectivity index (χ1) is 13.0. The van der Waals surface area contributed by atoms with Gasteiger partial charge in [0.2, 0.25) is 0 Å². The van der Waals surface area contributed by atoms with Crippen molar-refractivity contribution in [3.8, 4) is 0 Å². The van der Waals surface area contributed by atoms with Crippen LogP contribution < -0.4 is 0 Å². The van der Waals surface area contributed by atoms with Gasteiger partial charge in [0.1, 0.15) is 11.9 Å². The molecule has 0 rings (SSSR count). The molecule has 0 aliphatic carbocycles. The second kappa shape index (κ2) is 17.1. The van der Waals surface area contributed by atoms with E-state index in [4.69, 9.17) is 5.11 Å². The van der Waals surface area contributed by atoms with Gasteiger partial charge < -0.3 is 20.4 Å². The predicted octanol–water partition coefficient (Wildman–Crippen LogP) is 4.38. The van der Waals surface area contributed by atoms with Gasteiger partial charge in [-0.05, 0) is 44.3 Å². The molecule has 150 valence electrons. The smallest absolute Gasteiger partial charge is 0.303 e. The lowest BCUT2D eigenvalue weighted by Crippen LogP contribution is -2.24. The summed E-state index contributed by atoms with van der Waals surface area (Å²) in [5.74, 6) is -1.25. The summed E-state index contributed by atoms with van der Waals surface area (Å²) in [6.07, 6.45) is 21.3. The van der Waals surface area contributed by atoms with Crippen LogP contribution in [0.3, 0.4) is 0 Å². The number of aliphatic hydroxyl groups excluding tert-OH is 3. The van der Waals surface area contributed by atoms with E-state index >= 15 is 0 Å². The highest BCUT2D eigenvalue weighted by atomic mass is 16.4. The van der Waals surface area contributed by atoms with Crippen molar-refractivity contribution < 1.29 is 25.2 Å². The largest absolute Gasteiger partial charge is 0.508 e. The average Bonchev–Trinajstić information content (AvgIpc) is 2.63. The number of hydrogen-bond donors (Lipinski definition) is 4. The summed E-state index contributed by atoms with van der Waals surface area (Å²) in [6.45, 7) is 2.12. The van der Waals surface area contributed by atoms with Crippen molar-refractivity contribution in [2.75, 3.05) is 0 Å². The highest BCUT2D eigenvalue weighted by Crippen LogP contribution is 2.06. The highest BCUT2D eigenvalue weighted by molar-refractivity contribution is 5.66. The molecule has 0 aromatic rings. The third-order valence-corrected chi connectivity index (χ3v) is 3.46. The Bertz CT molecular complexity index is 567. The number of unbranched alkanes of at least 4 members (excludes halogenated alkanes) is 1. The summed E-state index contributed by atoms with van der Waals surface area (Å²) in [5.41, 5.74) is 0. The molecule has 0 radical (unpaired) electrons. The van der Waals surface area contributed by atoms with Crippen LogP contribution in [0.25, 0.3) is 0 Å². The maximum absolute atomic E-state index is 10.4. The third-order valence-electron chi connectivity index (χ3n) is 3.46. The number of rotatable bonds is 14. The molecule has 0 saturated carbocycles. The Morgan fingerprint density at radius 2 is 1.52 bits per heavy atom. The monoisotopic (exact) mass is 376 g/mol. The van der Waals surface area contributed by atoms with Crippen LogP contribution in [-0.2, 0) is 4.79 Å². The molecule has 4 N–H and O–H groups in total. The Kier molecular flexibility index (Phi) is 15.6. The summed E-state index contributed by atoms with van der Waals surface area (Å²) < 4.78 is 0. The van der Waals surface area contributed by atoms with Crippen molar-refractivity contribution in [2.24, 2.45) is 0 Å². The Morgan fingerprint density at radius 3 is 2.19 bits per heavy atom. The van der Waals surface area contributed by atoms with E-state index in [0.29, 0.717) is 0 Å². The molecule has 0 saturated heterocycles. The van der Waals surface area contributed by atoms with Crippen molar-refractivity contribution in [1.82, 2.24) is 0 Å². The Labute approximate surface area is 162 Å². The number of carboxylic acid groups (broad SMARTS) is 1. The van der Waals surface area contributed by atoms with Crippen molar-refractivity contribution in [3.05, 3.63) is 72.6 Å². The van der Waals surface area contributed by atoms with Gasteiger partial charge in [-0.2, -0.15) is 0 Å². The zero-order valence-corrected chi connectivity index (χ0v) is 15.9. The highest BCUT2D eigenvalue weighted by Gasteiger charge is 2.15. The fraction of sp³-hybridized carbons (Fsp3) is 0.409. The van der Waals surface area contributed by atoms with E-state index in [0.717, 1.165) is 31.8 Å². The summed E-state index contributed by atoms with van der Waals surface area (Å²) in [7, 11) is 0. The minimum Gasteiger partial charge on any atom is -0.508 e. The second-order valence-corrected chi connectivity index (χ2v) is 5.92. The molecule has 27 heavy (non-hydrogen) atoms. The van der Waals surface area contributed by atoms with Crippen LogP contribution in [0.4, 0.5) is 0 Å². The first-order valence-corrected chi connectivity index (χ1v) is 9.26. The number of hydrogen-bond acceptors (Lipinski definition) is 4. The molecule has 5 heteroatoms. The summed E-state index contributed by atoms with van der Waals surface area (Å²) in [6, 6.07) is 0. The van der Waals surface area contributed by atoms with Gasteiger partial charge in [0.05, 0.1) is 6.10 Å². The number of aliphatic hydroxyl groups is 3. The fourth-order valence-corrected chi connectivity index (χ4v) is 1.98. The average molecular weight is 376 g/mol. The van der Waals surface area contributed by atoms with Crippen LogP contribution in [0.15, 0.2) is 72.6 Å². The number of allylic oxidation sites excluding steroid dienone is 10. The fourth-order valence-electron chi connectivity index (χ4n) is 1.98. The van der Waals surface area contributed by atoms with Gasteiger partial charge in [-0.25, -0.2) is 0 Å². The number of aliphatic carboxylic acids is 1. The van der Waals surface area contributed by atoms with Crippen molar-refractivity contribution in [2.45, 2.75) is 57.7 Å². The van der Waals surface area contributed by atoms with Gasteiger partial charge >= 0.3 is 5.97 Å². The first kappa shape index (κ1) is 24.6. The van der Waals surface area contributed by atoms with E-state index in [1.54, 1.807) is 12.2 Å². The predicted molar refractivity (Wildman–Crippen MR) is 109 cm³/mol. The van der Waals surface area contributed by atoms with Crippen LogP contribution in [-0.4, -0.2) is 38.6 Å². The molecule has 0 aromatic heterocycles. The van der Waals surface area contributed by atoms with Gasteiger partial charge in [0, 0.05) is 6.42 Å². The lowest BCUT2D eigenvalue weighted by molar-refractivity contribution is -0.137. The maximum Gasteiger partial charge on any atom is 0.303 e. The van der Waals surface area contributed by atoms with Gasteiger partial charge in [-0.15, -0.1) is 0 Å². The van der Waals surface area contributed by atoms with E-state index in [9.17, 15) is 20.1 Å². The molecular formula is C22H32O5. The molecule has 0 aromatic carbocycles.